The fraction of sp³-hybridized carbons (Fsp3) is 0.533. The number of unbranched alkanes of at least 4 members (excludes halogenated alkanes) is 3. The molecule has 0 unspecified atom stereocenters. The van der Waals surface area contributed by atoms with E-state index in [1.54, 1.807) is 18.2 Å². The second-order valence-electron chi connectivity index (χ2n) is 4.96. The third-order valence-corrected chi connectivity index (χ3v) is 3.14. The molecule has 1 aromatic carbocycles. The van der Waals surface area contributed by atoms with Gasteiger partial charge in [0, 0.05) is 25.7 Å². The first-order valence-corrected chi connectivity index (χ1v) is 7.66. The summed E-state index contributed by atoms with van der Waals surface area (Å²) in [5.41, 5.74) is 6.32. The maximum absolute atomic E-state index is 10.9. The van der Waals surface area contributed by atoms with Crippen molar-refractivity contribution < 1.29 is 4.92 Å². The molecule has 0 amide bonds. The molecule has 1 aromatic rings. The number of anilines is 1. The van der Waals surface area contributed by atoms with Gasteiger partial charge in [-0.1, -0.05) is 38.3 Å². The number of guanidine groups is 1. The van der Waals surface area contributed by atoms with Crippen molar-refractivity contribution in [2.75, 3.05) is 25.0 Å². The van der Waals surface area contributed by atoms with Crippen LogP contribution in [0.3, 0.4) is 0 Å². The van der Waals surface area contributed by atoms with Crippen LogP contribution in [-0.4, -0.2) is 30.5 Å². The standard InChI is InChI=1S/C15H25N5O2.HI/c1-2-3-4-7-10-18-15(16)19-12-11-17-13-8-5-6-9-14(13)20(21)22;/h5-6,8-9,17H,2-4,7,10-12H2,1H3,(H3,16,18,19);1H. The molecule has 4 N–H and O–H groups in total. The number of hydrogen-bond donors (Lipinski definition) is 3. The maximum atomic E-state index is 10.9. The highest BCUT2D eigenvalue weighted by molar-refractivity contribution is 14.0. The highest BCUT2D eigenvalue weighted by Gasteiger charge is 2.10. The average Bonchev–Trinajstić information content (AvgIpc) is 2.51. The Bertz CT molecular complexity index is 497. The molecule has 8 heteroatoms. The molecule has 0 atom stereocenters. The summed E-state index contributed by atoms with van der Waals surface area (Å²) in [4.78, 5) is 14.7. The number of rotatable bonds is 10. The summed E-state index contributed by atoms with van der Waals surface area (Å²) in [5, 5.41) is 16.9. The number of benzene rings is 1. The fourth-order valence-corrected chi connectivity index (χ4v) is 1.96. The number of nitrogens with zero attached hydrogens (tertiary/aromatic N) is 2. The SMILES string of the molecule is CCCCCCN=C(N)NCCNc1ccccc1[N+](=O)[O-].I. The van der Waals surface area contributed by atoms with Crippen molar-refractivity contribution in [1.82, 2.24) is 5.32 Å². The van der Waals surface area contributed by atoms with Crippen LogP contribution in [-0.2, 0) is 0 Å². The predicted octanol–water partition coefficient (Wildman–Crippen LogP) is 3.11. The molecule has 7 nitrogen and oxygen atoms in total. The molecular weight excluding hydrogens is 409 g/mol. The number of nitro groups is 1. The Morgan fingerprint density at radius 2 is 2.00 bits per heavy atom. The van der Waals surface area contributed by atoms with Crippen molar-refractivity contribution in [3.05, 3.63) is 34.4 Å². The number of aliphatic imine (C=N–C) groups is 1. The Labute approximate surface area is 154 Å². The van der Waals surface area contributed by atoms with Crippen LogP contribution in [0.1, 0.15) is 32.6 Å². The van der Waals surface area contributed by atoms with Gasteiger partial charge in [-0.15, -0.1) is 24.0 Å². The molecule has 130 valence electrons. The van der Waals surface area contributed by atoms with E-state index in [0.717, 1.165) is 13.0 Å². The van der Waals surface area contributed by atoms with E-state index in [1.807, 2.05) is 0 Å². The molecule has 0 fully saturated rings. The van der Waals surface area contributed by atoms with E-state index in [0.29, 0.717) is 24.7 Å². The van der Waals surface area contributed by atoms with Crippen molar-refractivity contribution in [2.24, 2.45) is 10.7 Å². The van der Waals surface area contributed by atoms with Crippen LogP contribution in [0, 0.1) is 10.1 Å². The molecule has 0 aliphatic carbocycles. The molecule has 0 aliphatic heterocycles. The predicted molar refractivity (Wildman–Crippen MR) is 106 cm³/mol. The molecule has 0 heterocycles. The Balaban J connectivity index is 0.00000484. The van der Waals surface area contributed by atoms with Crippen molar-refractivity contribution in [1.29, 1.82) is 0 Å². The Morgan fingerprint density at radius 3 is 2.70 bits per heavy atom. The number of halogens is 1. The molecule has 23 heavy (non-hydrogen) atoms. The van der Waals surface area contributed by atoms with Gasteiger partial charge >= 0.3 is 0 Å². The number of para-hydroxylation sites is 2. The number of nitro benzene ring substituents is 1. The van der Waals surface area contributed by atoms with Gasteiger partial charge in [0.2, 0.25) is 0 Å². The lowest BCUT2D eigenvalue weighted by molar-refractivity contribution is -0.384. The molecular formula is C15H26IN5O2. The lowest BCUT2D eigenvalue weighted by Gasteiger charge is -2.08. The van der Waals surface area contributed by atoms with E-state index in [4.69, 9.17) is 5.73 Å². The van der Waals surface area contributed by atoms with Gasteiger partial charge in [0.15, 0.2) is 5.96 Å². The first kappa shape index (κ1) is 21.4. The molecule has 0 aromatic heterocycles. The summed E-state index contributed by atoms with van der Waals surface area (Å²) in [5.74, 6) is 0.417. The van der Waals surface area contributed by atoms with Gasteiger partial charge in [0.25, 0.3) is 5.69 Å². The van der Waals surface area contributed by atoms with Gasteiger partial charge in [0.1, 0.15) is 5.69 Å². The van der Waals surface area contributed by atoms with Gasteiger partial charge < -0.3 is 16.4 Å². The summed E-state index contributed by atoms with van der Waals surface area (Å²) in [6, 6.07) is 6.56. The van der Waals surface area contributed by atoms with Crippen molar-refractivity contribution >= 4 is 41.3 Å². The second kappa shape index (κ2) is 12.9. The number of nitrogens with one attached hydrogen (secondary N) is 2. The Kier molecular flexibility index (Phi) is 12.0. The third-order valence-electron chi connectivity index (χ3n) is 3.14. The van der Waals surface area contributed by atoms with Gasteiger partial charge in [-0.25, -0.2) is 0 Å². The highest BCUT2D eigenvalue weighted by Crippen LogP contribution is 2.22. The minimum atomic E-state index is -0.401. The summed E-state index contributed by atoms with van der Waals surface area (Å²) in [6.07, 6.45) is 4.65. The molecule has 0 spiro atoms. The third kappa shape index (κ3) is 9.22. The van der Waals surface area contributed by atoms with E-state index in [9.17, 15) is 10.1 Å². The minimum absolute atomic E-state index is 0. The van der Waals surface area contributed by atoms with Gasteiger partial charge in [-0.3, -0.25) is 15.1 Å². The van der Waals surface area contributed by atoms with E-state index in [1.165, 1.54) is 25.3 Å². The zero-order valence-corrected chi connectivity index (χ0v) is 15.8. The molecule has 0 radical (unpaired) electrons. The minimum Gasteiger partial charge on any atom is -0.378 e. The number of hydrogen-bond acceptors (Lipinski definition) is 4. The molecule has 0 bridgehead atoms. The summed E-state index contributed by atoms with van der Waals surface area (Å²) < 4.78 is 0. The first-order valence-electron chi connectivity index (χ1n) is 7.66. The van der Waals surface area contributed by atoms with Gasteiger partial charge in [-0.2, -0.15) is 0 Å². The highest BCUT2D eigenvalue weighted by atomic mass is 127. The Hall–Kier alpha value is -1.58. The topological polar surface area (TPSA) is 106 Å². The zero-order valence-electron chi connectivity index (χ0n) is 13.5. The molecule has 0 aliphatic rings. The van der Waals surface area contributed by atoms with Gasteiger partial charge in [-0.05, 0) is 12.5 Å². The summed E-state index contributed by atoms with van der Waals surface area (Å²) >= 11 is 0. The Morgan fingerprint density at radius 1 is 1.26 bits per heavy atom. The van der Waals surface area contributed by atoms with Crippen LogP contribution in [0.4, 0.5) is 11.4 Å². The van der Waals surface area contributed by atoms with Crippen LogP contribution in [0.15, 0.2) is 29.3 Å². The quantitative estimate of drug-likeness (QED) is 0.131. The van der Waals surface area contributed by atoms with Gasteiger partial charge in [0.05, 0.1) is 4.92 Å². The van der Waals surface area contributed by atoms with Crippen LogP contribution in [0.25, 0.3) is 0 Å². The van der Waals surface area contributed by atoms with E-state index >= 15 is 0 Å². The lowest BCUT2D eigenvalue weighted by atomic mass is 10.2. The lowest BCUT2D eigenvalue weighted by Crippen LogP contribution is -2.35. The molecule has 0 saturated carbocycles. The normalized spacial score (nSPS) is 10.7. The summed E-state index contributed by atoms with van der Waals surface area (Å²) in [7, 11) is 0. The fourth-order valence-electron chi connectivity index (χ4n) is 1.96. The maximum Gasteiger partial charge on any atom is 0.292 e. The van der Waals surface area contributed by atoms with Crippen molar-refractivity contribution in [3.63, 3.8) is 0 Å². The van der Waals surface area contributed by atoms with E-state index in [-0.39, 0.29) is 29.7 Å². The smallest absolute Gasteiger partial charge is 0.292 e. The van der Waals surface area contributed by atoms with Crippen LogP contribution < -0.4 is 16.4 Å². The van der Waals surface area contributed by atoms with E-state index in [2.05, 4.69) is 22.5 Å². The second-order valence-corrected chi connectivity index (χ2v) is 4.96. The van der Waals surface area contributed by atoms with E-state index < -0.39 is 4.92 Å². The largest absolute Gasteiger partial charge is 0.378 e. The zero-order chi connectivity index (χ0) is 16.2. The van der Waals surface area contributed by atoms with Crippen molar-refractivity contribution in [2.45, 2.75) is 32.6 Å². The van der Waals surface area contributed by atoms with Crippen LogP contribution in [0.2, 0.25) is 0 Å². The summed E-state index contributed by atoms with van der Waals surface area (Å²) in [6.45, 7) is 3.98. The first-order chi connectivity index (χ1) is 10.6. The monoisotopic (exact) mass is 435 g/mol. The molecule has 0 saturated heterocycles. The van der Waals surface area contributed by atoms with Crippen molar-refractivity contribution in [3.8, 4) is 0 Å². The van der Waals surface area contributed by atoms with Crippen LogP contribution in [0.5, 0.6) is 0 Å². The van der Waals surface area contributed by atoms with Crippen LogP contribution >= 0.6 is 24.0 Å². The number of nitrogens with two attached hydrogens (primary N) is 1. The average molecular weight is 435 g/mol. The molecule has 1 rings (SSSR count).